The van der Waals surface area contributed by atoms with E-state index in [1.54, 1.807) is 25.1 Å². The molecule has 0 radical (unpaired) electrons. The van der Waals surface area contributed by atoms with Gasteiger partial charge >= 0.3 is 0 Å². The van der Waals surface area contributed by atoms with E-state index in [1.807, 2.05) is 24.3 Å². The zero-order valence-electron chi connectivity index (χ0n) is 12.0. The Kier molecular flexibility index (Phi) is 5.11. The SMILES string of the molecule is CC(Oc1ccc(Cl)cc1Cl)C(=O)Sc1nc2ccccc2s1. The average molecular weight is 384 g/mol. The van der Waals surface area contributed by atoms with Gasteiger partial charge < -0.3 is 4.74 Å². The van der Waals surface area contributed by atoms with Gasteiger partial charge in [-0.25, -0.2) is 4.98 Å². The number of hydrogen-bond donors (Lipinski definition) is 0. The highest BCUT2D eigenvalue weighted by Gasteiger charge is 2.19. The number of ether oxygens (including phenoxy) is 1. The standard InChI is InChI=1S/C16H11Cl2NO2S2/c1-9(21-13-7-6-10(17)8-11(13)18)15(20)23-16-19-12-4-2-3-5-14(12)22-16/h2-9H,1H3. The second-order valence-corrected chi connectivity index (χ2v) is 7.83. The van der Waals surface area contributed by atoms with Gasteiger partial charge in [-0.05, 0) is 49.0 Å². The van der Waals surface area contributed by atoms with Crippen LogP contribution < -0.4 is 4.74 Å². The minimum absolute atomic E-state index is 0.130. The fourth-order valence-corrected chi connectivity index (χ4v) is 4.24. The monoisotopic (exact) mass is 383 g/mol. The van der Waals surface area contributed by atoms with Crippen molar-refractivity contribution in [1.82, 2.24) is 4.98 Å². The number of para-hydroxylation sites is 1. The number of thiazole rings is 1. The van der Waals surface area contributed by atoms with E-state index >= 15 is 0 Å². The molecule has 3 rings (SSSR count). The Morgan fingerprint density at radius 1 is 1.26 bits per heavy atom. The van der Waals surface area contributed by atoms with E-state index in [0.29, 0.717) is 20.1 Å². The van der Waals surface area contributed by atoms with Crippen molar-refractivity contribution in [1.29, 1.82) is 0 Å². The maximum Gasteiger partial charge on any atom is 0.236 e. The molecule has 7 heteroatoms. The smallest absolute Gasteiger partial charge is 0.236 e. The van der Waals surface area contributed by atoms with Gasteiger partial charge in [-0.3, -0.25) is 4.79 Å². The summed E-state index contributed by atoms with van der Waals surface area (Å²) in [6.45, 7) is 1.69. The molecule has 1 aromatic heterocycles. The van der Waals surface area contributed by atoms with Gasteiger partial charge in [0.15, 0.2) is 10.4 Å². The molecule has 23 heavy (non-hydrogen) atoms. The van der Waals surface area contributed by atoms with Gasteiger partial charge in [0.1, 0.15) is 5.75 Å². The molecule has 0 N–H and O–H groups in total. The number of fused-ring (bicyclic) bond motifs is 1. The van der Waals surface area contributed by atoms with Crippen LogP contribution in [0.4, 0.5) is 0 Å². The van der Waals surface area contributed by atoms with Gasteiger partial charge in [0.25, 0.3) is 0 Å². The van der Waals surface area contributed by atoms with Crippen molar-refractivity contribution in [3.05, 3.63) is 52.5 Å². The molecule has 0 amide bonds. The first-order valence-corrected chi connectivity index (χ1v) is 9.11. The summed E-state index contributed by atoms with van der Waals surface area (Å²) in [7, 11) is 0. The summed E-state index contributed by atoms with van der Waals surface area (Å²) in [6.07, 6.45) is -0.648. The lowest BCUT2D eigenvalue weighted by Crippen LogP contribution is -2.21. The summed E-state index contributed by atoms with van der Waals surface area (Å²) in [4.78, 5) is 16.7. The van der Waals surface area contributed by atoms with Gasteiger partial charge in [0.05, 0.1) is 15.2 Å². The Morgan fingerprint density at radius 3 is 2.78 bits per heavy atom. The first-order valence-electron chi connectivity index (χ1n) is 6.72. The van der Waals surface area contributed by atoms with Crippen LogP contribution in [0.3, 0.4) is 0 Å². The first-order chi connectivity index (χ1) is 11.0. The van der Waals surface area contributed by atoms with Gasteiger partial charge in [-0.1, -0.05) is 35.3 Å². The van der Waals surface area contributed by atoms with Gasteiger partial charge in [-0.15, -0.1) is 11.3 Å². The van der Waals surface area contributed by atoms with E-state index in [-0.39, 0.29) is 5.12 Å². The number of hydrogen-bond acceptors (Lipinski definition) is 5. The van der Waals surface area contributed by atoms with Gasteiger partial charge in [-0.2, -0.15) is 0 Å². The number of thioether (sulfide) groups is 1. The first kappa shape index (κ1) is 16.6. The second-order valence-electron chi connectivity index (χ2n) is 4.70. The Balaban J connectivity index is 1.69. The minimum atomic E-state index is -0.648. The van der Waals surface area contributed by atoms with Crippen LogP contribution >= 0.6 is 46.3 Å². The van der Waals surface area contributed by atoms with Crippen LogP contribution in [0.5, 0.6) is 5.75 Å². The summed E-state index contributed by atoms with van der Waals surface area (Å²) in [5.41, 5.74) is 0.891. The van der Waals surface area contributed by atoms with E-state index in [0.717, 1.165) is 22.0 Å². The van der Waals surface area contributed by atoms with E-state index in [4.69, 9.17) is 27.9 Å². The van der Waals surface area contributed by atoms with E-state index < -0.39 is 6.10 Å². The van der Waals surface area contributed by atoms with Crippen molar-refractivity contribution in [3.8, 4) is 5.75 Å². The molecule has 0 aliphatic carbocycles. The Hall–Kier alpha value is -1.27. The molecule has 118 valence electrons. The normalized spacial score (nSPS) is 12.3. The molecule has 3 aromatic rings. The molecule has 0 aliphatic rings. The van der Waals surface area contributed by atoms with Crippen LogP contribution in [0.2, 0.25) is 10.0 Å². The predicted molar refractivity (Wildman–Crippen MR) is 97.0 cm³/mol. The van der Waals surface area contributed by atoms with Gasteiger partial charge in [0, 0.05) is 5.02 Å². The van der Waals surface area contributed by atoms with Crippen LogP contribution in [0.25, 0.3) is 10.2 Å². The lowest BCUT2D eigenvalue weighted by molar-refractivity contribution is -0.116. The molecule has 0 fully saturated rings. The molecule has 1 atom stereocenters. The lowest BCUT2D eigenvalue weighted by Gasteiger charge is -2.13. The molecule has 1 unspecified atom stereocenters. The quantitative estimate of drug-likeness (QED) is 0.542. The number of halogens is 2. The van der Waals surface area contributed by atoms with E-state index in [2.05, 4.69) is 4.98 Å². The molecular formula is C16H11Cl2NO2S2. The summed E-state index contributed by atoms with van der Waals surface area (Å²) in [6, 6.07) is 12.7. The maximum atomic E-state index is 12.3. The predicted octanol–water partition coefficient (Wildman–Crippen LogP) is 5.69. The van der Waals surface area contributed by atoms with Crippen molar-refractivity contribution < 1.29 is 9.53 Å². The number of aromatic nitrogens is 1. The van der Waals surface area contributed by atoms with E-state index in [9.17, 15) is 4.79 Å². The number of carbonyl (C=O) groups excluding carboxylic acids is 1. The number of nitrogens with zero attached hydrogens (tertiary/aromatic N) is 1. The Labute approximate surface area is 151 Å². The van der Waals surface area contributed by atoms with Crippen molar-refractivity contribution in [2.45, 2.75) is 17.4 Å². The van der Waals surface area contributed by atoms with Crippen molar-refractivity contribution >= 4 is 61.6 Å². The number of benzene rings is 2. The zero-order valence-corrected chi connectivity index (χ0v) is 15.1. The zero-order chi connectivity index (χ0) is 16.4. The van der Waals surface area contributed by atoms with Crippen LogP contribution in [0.15, 0.2) is 46.8 Å². The third kappa shape index (κ3) is 3.98. The molecule has 0 aliphatic heterocycles. The second kappa shape index (κ2) is 7.09. The fourth-order valence-electron chi connectivity index (χ4n) is 1.87. The third-order valence-electron chi connectivity index (χ3n) is 2.99. The summed E-state index contributed by atoms with van der Waals surface area (Å²) >= 11 is 14.5. The molecule has 0 saturated heterocycles. The van der Waals surface area contributed by atoms with Crippen molar-refractivity contribution in [2.24, 2.45) is 0 Å². The number of rotatable bonds is 4. The summed E-state index contributed by atoms with van der Waals surface area (Å²) in [5, 5.41) is 0.766. The molecular weight excluding hydrogens is 373 g/mol. The fraction of sp³-hybridized carbons (Fsp3) is 0.125. The van der Waals surface area contributed by atoms with Crippen molar-refractivity contribution in [2.75, 3.05) is 0 Å². The molecule has 2 aromatic carbocycles. The summed E-state index contributed by atoms with van der Waals surface area (Å²) < 4.78 is 7.38. The molecule has 1 heterocycles. The van der Waals surface area contributed by atoms with Crippen LogP contribution in [-0.4, -0.2) is 16.2 Å². The largest absolute Gasteiger partial charge is 0.480 e. The maximum absolute atomic E-state index is 12.3. The summed E-state index contributed by atoms with van der Waals surface area (Å²) in [5.74, 6) is 0.432. The molecule has 0 saturated carbocycles. The molecule has 3 nitrogen and oxygen atoms in total. The molecule has 0 spiro atoms. The highest BCUT2D eigenvalue weighted by atomic mass is 35.5. The highest BCUT2D eigenvalue weighted by Crippen LogP contribution is 2.32. The Morgan fingerprint density at radius 2 is 2.04 bits per heavy atom. The van der Waals surface area contributed by atoms with Crippen LogP contribution in [-0.2, 0) is 4.79 Å². The number of carbonyl (C=O) groups is 1. The van der Waals surface area contributed by atoms with E-state index in [1.165, 1.54) is 11.3 Å². The lowest BCUT2D eigenvalue weighted by atomic mass is 10.3. The minimum Gasteiger partial charge on any atom is -0.480 e. The van der Waals surface area contributed by atoms with Crippen molar-refractivity contribution in [3.63, 3.8) is 0 Å². The topological polar surface area (TPSA) is 39.2 Å². The van der Waals surface area contributed by atoms with Gasteiger partial charge in [0.2, 0.25) is 5.12 Å². The average Bonchev–Trinajstić information content (AvgIpc) is 2.92. The third-order valence-corrected chi connectivity index (χ3v) is 5.65. The molecule has 0 bridgehead atoms. The highest BCUT2D eigenvalue weighted by molar-refractivity contribution is 8.15. The Bertz CT molecular complexity index is 833. The van der Waals surface area contributed by atoms with Crippen LogP contribution in [0.1, 0.15) is 6.92 Å². The van der Waals surface area contributed by atoms with Crippen LogP contribution in [0, 0.1) is 0 Å².